The zero-order valence-electron chi connectivity index (χ0n) is 14.7. The van der Waals surface area contributed by atoms with E-state index in [4.69, 9.17) is 10.5 Å². The highest BCUT2D eigenvalue weighted by Gasteiger charge is 2.13. The molecule has 0 aliphatic heterocycles. The molecular weight excluding hydrogens is 378 g/mol. The number of H-pyrrole nitrogens is 1. The summed E-state index contributed by atoms with van der Waals surface area (Å²) in [5.74, 6) is -0.174. The van der Waals surface area contributed by atoms with Crippen molar-refractivity contribution in [2.45, 2.75) is 0 Å². The molecule has 0 saturated heterocycles. The minimum Gasteiger partial charge on any atom is -0.497 e. The Kier molecular flexibility index (Phi) is 4.50. The van der Waals surface area contributed by atoms with E-state index in [9.17, 15) is 9.59 Å². The highest BCUT2D eigenvalue weighted by Crippen LogP contribution is 2.26. The summed E-state index contributed by atoms with van der Waals surface area (Å²) in [5.41, 5.74) is 7.85. The monoisotopic (exact) mass is 393 g/mol. The van der Waals surface area contributed by atoms with Crippen molar-refractivity contribution in [2.75, 3.05) is 12.4 Å². The van der Waals surface area contributed by atoms with Crippen molar-refractivity contribution in [1.29, 1.82) is 0 Å². The fraction of sp³-hybridized carbons (Fsp3) is 0.0526. The number of hydrogen-bond donors (Lipinski definition) is 3. The minimum atomic E-state index is -0.546. The Morgan fingerprint density at radius 1 is 1.18 bits per heavy atom. The maximum atomic E-state index is 12.5. The number of aromatic nitrogens is 3. The Morgan fingerprint density at radius 2 is 2.04 bits per heavy atom. The molecule has 0 unspecified atom stereocenters. The molecule has 0 aliphatic carbocycles. The number of aromatic amines is 1. The van der Waals surface area contributed by atoms with Gasteiger partial charge in [0.1, 0.15) is 17.1 Å². The lowest BCUT2D eigenvalue weighted by Crippen LogP contribution is -2.13. The fourth-order valence-electron chi connectivity index (χ4n) is 2.67. The summed E-state index contributed by atoms with van der Waals surface area (Å²) in [5, 5.41) is 5.83. The van der Waals surface area contributed by atoms with Crippen LogP contribution in [0.3, 0.4) is 0 Å². The van der Waals surface area contributed by atoms with Crippen LogP contribution < -0.4 is 15.8 Å². The van der Waals surface area contributed by atoms with Crippen LogP contribution in [0.15, 0.2) is 48.0 Å². The molecule has 140 valence electrons. The fourth-order valence-corrected chi connectivity index (χ4v) is 3.38. The molecular formula is C19H15N5O3S. The third-order valence-corrected chi connectivity index (χ3v) is 4.86. The van der Waals surface area contributed by atoms with Crippen molar-refractivity contribution in [3.63, 3.8) is 0 Å². The molecule has 0 bridgehead atoms. The van der Waals surface area contributed by atoms with Gasteiger partial charge >= 0.3 is 0 Å². The summed E-state index contributed by atoms with van der Waals surface area (Å²) in [6.07, 6.45) is 1.64. The van der Waals surface area contributed by atoms with E-state index in [1.54, 1.807) is 43.0 Å². The summed E-state index contributed by atoms with van der Waals surface area (Å²) >= 11 is 1.28. The van der Waals surface area contributed by atoms with Gasteiger partial charge < -0.3 is 15.5 Å². The van der Waals surface area contributed by atoms with Crippen molar-refractivity contribution in [3.8, 4) is 17.0 Å². The van der Waals surface area contributed by atoms with Gasteiger partial charge in [0, 0.05) is 22.5 Å². The number of amides is 2. The number of ether oxygens (including phenoxy) is 1. The number of carbonyl (C=O) groups excluding carboxylic acids is 2. The van der Waals surface area contributed by atoms with Crippen LogP contribution in [0.1, 0.15) is 21.0 Å². The number of carbonyl (C=O) groups is 2. The molecule has 2 amide bonds. The van der Waals surface area contributed by atoms with Gasteiger partial charge in [-0.15, -0.1) is 11.3 Å². The first-order valence-electron chi connectivity index (χ1n) is 8.24. The molecule has 1 aromatic carbocycles. The van der Waals surface area contributed by atoms with Gasteiger partial charge in [0.25, 0.3) is 11.8 Å². The number of thiazole rings is 1. The minimum absolute atomic E-state index is 0.284. The first-order chi connectivity index (χ1) is 13.5. The number of nitrogens with two attached hydrogens (primary N) is 1. The Bertz CT molecular complexity index is 1200. The highest BCUT2D eigenvalue weighted by molar-refractivity contribution is 7.14. The van der Waals surface area contributed by atoms with Gasteiger partial charge in [-0.3, -0.25) is 14.9 Å². The summed E-state index contributed by atoms with van der Waals surface area (Å²) < 4.78 is 5.19. The Balaban J connectivity index is 1.52. The van der Waals surface area contributed by atoms with Crippen LogP contribution in [0.4, 0.5) is 5.13 Å². The normalized spacial score (nSPS) is 10.8. The van der Waals surface area contributed by atoms with Crippen molar-refractivity contribution in [3.05, 3.63) is 59.4 Å². The smallest absolute Gasteiger partial charge is 0.276 e. The number of rotatable bonds is 5. The molecule has 9 heteroatoms. The van der Waals surface area contributed by atoms with Crippen LogP contribution in [0, 0.1) is 0 Å². The van der Waals surface area contributed by atoms with E-state index in [0.29, 0.717) is 27.6 Å². The molecule has 3 heterocycles. The van der Waals surface area contributed by atoms with Gasteiger partial charge in [0.15, 0.2) is 5.13 Å². The zero-order chi connectivity index (χ0) is 19.7. The lowest BCUT2D eigenvalue weighted by atomic mass is 10.2. The largest absolute Gasteiger partial charge is 0.497 e. The van der Waals surface area contributed by atoms with Crippen LogP contribution in [-0.4, -0.2) is 33.9 Å². The summed E-state index contributed by atoms with van der Waals surface area (Å²) in [4.78, 5) is 35.3. The quantitative estimate of drug-likeness (QED) is 0.481. The van der Waals surface area contributed by atoms with Gasteiger partial charge in [-0.25, -0.2) is 9.97 Å². The Labute approximate surface area is 163 Å². The predicted molar refractivity (Wildman–Crippen MR) is 107 cm³/mol. The lowest BCUT2D eigenvalue weighted by molar-refractivity contribution is 0.0993. The SMILES string of the molecule is COc1ccc2nc(C(=O)Nc3nc(-c4c[nH]c(C(N)=O)c4)cs3)ccc2c1. The highest BCUT2D eigenvalue weighted by atomic mass is 32.1. The molecule has 0 spiro atoms. The second kappa shape index (κ2) is 7.12. The standard InChI is InChI=1S/C19H15N5O3S/c1-27-12-3-5-13-10(6-12)2-4-14(22-13)18(26)24-19-23-16(9-28-19)11-7-15(17(20)25)21-8-11/h2-9,21H,1H3,(H2,20,25)(H,23,24,26). The average Bonchev–Trinajstić information content (AvgIpc) is 3.36. The van der Waals surface area contributed by atoms with Crippen molar-refractivity contribution >= 4 is 39.2 Å². The molecule has 8 nitrogen and oxygen atoms in total. The van der Waals surface area contributed by atoms with Gasteiger partial charge in [0.2, 0.25) is 0 Å². The van der Waals surface area contributed by atoms with E-state index in [0.717, 1.165) is 11.1 Å². The van der Waals surface area contributed by atoms with Crippen LogP contribution in [0.5, 0.6) is 5.75 Å². The first kappa shape index (κ1) is 17.7. The lowest BCUT2D eigenvalue weighted by Gasteiger charge is -2.05. The number of anilines is 1. The van der Waals surface area contributed by atoms with E-state index >= 15 is 0 Å². The zero-order valence-corrected chi connectivity index (χ0v) is 15.5. The Morgan fingerprint density at radius 3 is 2.79 bits per heavy atom. The van der Waals surface area contributed by atoms with Crippen molar-refractivity contribution < 1.29 is 14.3 Å². The number of nitrogens with one attached hydrogen (secondary N) is 2. The molecule has 0 saturated carbocycles. The molecule has 0 radical (unpaired) electrons. The van der Waals surface area contributed by atoms with E-state index in [1.165, 1.54) is 11.3 Å². The van der Waals surface area contributed by atoms with E-state index in [2.05, 4.69) is 20.3 Å². The number of fused-ring (bicyclic) bond motifs is 1. The summed E-state index contributed by atoms with van der Waals surface area (Å²) in [6, 6.07) is 10.5. The first-order valence-corrected chi connectivity index (χ1v) is 9.12. The van der Waals surface area contributed by atoms with E-state index in [1.807, 2.05) is 12.1 Å². The summed E-state index contributed by atoms with van der Waals surface area (Å²) in [7, 11) is 1.60. The number of benzene rings is 1. The van der Waals surface area contributed by atoms with Gasteiger partial charge in [-0.05, 0) is 30.3 Å². The number of pyridine rings is 1. The molecule has 4 rings (SSSR count). The van der Waals surface area contributed by atoms with E-state index in [-0.39, 0.29) is 11.6 Å². The predicted octanol–water partition coefficient (Wildman–Crippen LogP) is 3.05. The maximum Gasteiger partial charge on any atom is 0.276 e. The second-order valence-corrected chi connectivity index (χ2v) is 6.77. The maximum absolute atomic E-state index is 12.5. The van der Waals surface area contributed by atoms with Gasteiger partial charge in [0.05, 0.1) is 18.3 Å². The second-order valence-electron chi connectivity index (χ2n) is 5.91. The third-order valence-electron chi connectivity index (χ3n) is 4.10. The summed E-state index contributed by atoms with van der Waals surface area (Å²) in [6.45, 7) is 0. The van der Waals surface area contributed by atoms with Crippen LogP contribution in [0.25, 0.3) is 22.2 Å². The van der Waals surface area contributed by atoms with Crippen molar-refractivity contribution in [2.24, 2.45) is 5.73 Å². The Hall–Kier alpha value is -3.72. The molecule has 4 aromatic rings. The van der Waals surface area contributed by atoms with Gasteiger partial charge in [-0.1, -0.05) is 6.07 Å². The number of nitrogens with zero attached hydrogens (tertiary/aromatic N) is 2. The third kappa shape index (κ3) is 3.42. The number of methoxy groups -OCH3 is 1. The van der Waals surface area contributed by atoms with Crippen LogP contribution in [0.2, 0.25) is 0 Å². The average molecular weight is 393 g/mol. The van der Waals surface area contributed by atoms with Gasteiger partial charge in [-0.2, -0.15) is 0 Å². The number of hydrogen-bond acceptors (Lipinski definition) is 6. The molecule has 0 aliphatic rings. The van der Waals surface area contributed by atoms with Crippen LogP contribution in [-0.2, 0) is 0 Å². The molecule has 3 aromatic heterocycles. The molecule has 4 N–H and O–H groups in total. The molecule has 0 atom stereocenters. The van der Waals surface area contributed by atoms with E-state index < -0.39 is 5.91 Å². The van der Waals surface area contributed by atoms with Crippen molar-refractivity contribution in [1.82, 2.24) is 15.0 Å². The number of primary amides is 1. The molecule has 0 fully saturated rings. The molecule has 28 heavy (non-hydrogen) atoms. The van der Waals surface area contributed by atoms with Crippen LogP contribution >= 0.6 is 11.3 Å². The topological polar surface area (TPSA) is 123 Å².